The number of carbonyl (C=O) groups is 2. The molecule has 144 valence electrons. The molecule has 0 aliphatic rings. The Balaban J connectivity index is 1.96. The predicted octanol–water partition coefficient (Wildman–Crippen LogP) is 3.77. The second kappa shape index (κ2) is 8.08. The molecule has 6 nitrogen and oxygen atoms in total. The van der Waals surface area contributed by atoms with E-state index >= 15 is 0 Å². The van der Waals surface area contributed by atoms with E-state index in [9.17, 15) is 19.5 Å². The Morgan fingerprint density at radius 2 is 1.86 bits per heavy atom. The maximum atomic E-state index is 12.2. The molecule has 0 saturated heterocycles. The number of ketones is 1. The summed E-state index contributed by atoms with van der Waals surface area (Å²) in [6.45, 7) is 3.06. The number of hydrogen-bond donors (Lipinski definition) is 1. The molecule has 0 aliphatic heterocycles. The molecule has 3 rings (SSSR count). The average molecular weight is 380 g/mol. The summed E-state index contributed by atoms with van der Waals surface area (Å²) in [5, 5.41) is 10.2. The van der Waals surface area contributed by atoms with Gasteiger partial charge in [0.15, 0.2) is 17.5 Å². The number of fused-ring (bicyclic) bond motifs is 1. The molecule has 2 aromatic carbocycles. The van der Waals surface area contributed by atoms with Crippen LogP contribution < -0.4 is 10.4 Å². The number of rotatable bonds is 7. The number of carbonyl (C=O) groups excluding carboxylic acids is 1. The Labute approximate surface area is 161 Å². The van der Waals surface area contributed by atoms with Gasteiger partial charge in [0, 0.05) is 11.5 Å². The SMILES string of the molecule is CC(=O)c1c(OC(CCc2ccccc2)C(=O)O)ccc2c(C)cc(=O)oc12. The third kappa shape index (κ3) is 4.11. The molecule has 0 spiro atoms. The summed E-state index contributed by atoms with van der Waals surface area (Å²) in [5.74, 6) is -1.41. The Morgan fingerprint density at radius 1 is 1.14 bits per heavy atom. The van der Waals surface area contributed by atoms with E-state index in [1.807, 2.05) is 30.3 Å². The van der Waals surface area contributed by atoms with Crippen molar-refractivity contribution in [3.05, 3.63) is 75.6 Å². The molecule has 1 aromatic heterocycles. The fraction of sp³-hybridized carbons (Fsp3) is 0.227. The van der Waals surface area contributed by atoms with Gasteiger partial charge in [0.05, 0.1) is 0 Å². The number of benzene rings is 2. The normalized spacial score (nSPS) is 11.9. The first-order valence-electron chi connectivity index (χ1n) is 8.88. The molecule has 6 heteroatoms. The molecule has 1 N–H and O–H groups in total. The minimum atomic E-state index is -1.15. The van der Waals surface area contributed by atoms with Crippen LogP contribution in [0.5, 0.6) is 5.75 Å². The Kier molecular flexibility index (Phi) is 5.59. The van der Waals surface area contributed by atoms with Crippen LogP contribution in [0.4, 0.5) is 0 Å². The topological polar surface area (TPSA) is 93.8 Å². The van der Waals surface area contributed by atoms with Gasteiger partial charge >= 0.3 is 11.6 Å². The van der Waals surface area contributed by atoms with E-state index in [-0.39, 0.29) is 29.1 Å². The largest absolute Gasteiger partial charge is 0.479 e. The summed E-state index contributed by atoms with van der Waals surface area (Å²) in [4.78, 5) is 35.7. The molecule has 0 saturated carbocycles. The Bertz CT molecular complexity index is 1080. The molecule has 1 atom stereocenters. The number of Topliss-reactive ketones (excluding diaryl/α,β-unsaturated/α-hetero) is 1. The molecule has 0 aliphatic carbocycles. The van der Waals surface area contributed by atoms with Crippen LogP contribution in [0.1, 0.15) is 34.8 Å². The molecule has 0 radical (unpaired) electrons. The molecular formula is C22H20O6. The van der Waals surface area contributed by atoms with Crippen LogP contribution in [-0.4, -0.2) is 23.0 Å². The number of hydrogen-bond acceptors (Lipinski definition) is 5. The predicted molar refractivity (Wildman–Crippen MR) is 104 cm³/mol. The summed E-state index contributed by atoms with van der Waals surface area (Å²) < 4.78 is 10.9. The van der Waals surface area contributed by atoms with Gasteiger partial charge < -0.3 is 14.3 Å². The van der Waals surface area contributed by atoms with Gasteiger partial charge in [-0.2, -0.15) is 0 Å². The van der Waals surface area contributed by atoms with E-state index in [2.05, 4.69) is 0 Å². The molecule has 1 heterocycles. The summed E-state index contributed by atoms with van der Waals surface area (Å²) >= 11 is 0. The Hall–Kier alpha value is -3.41. The highest BCUT2D eigenvalue weighted by Gasteiger charge is 2.24. The second-order valence-electron chi connectivity index (χ2n) is 6.59. The zero-order chi connectivity index (χ0) is 20.3. The minimum Gasteiger partial charge on any atom is -0.479 e. The van der Waals surface area contributed by atoms with Crippen LogP contribution >= 0.6 is 0 Å². The monoisotopic (exact) mass is 380 g/mol. The van der Waals surface area contributed by atoms with Crippen molar-refractivity contribution in [2.24, 2.45) is 0 Å². The van der Waals surface area contributed by atoms with Crippen molar-refractivity contribution in [2.75, 3.05) is 0 Å². The van der Waals surface area contributed by atoms with Crippen molar-refractivity contribution < 1.29 is 23.8 Å². The lowest BCUT2D eigenvalue weighted by molar-refractivity contribution is -0.145. The lowest BCUT2D eigenvalue weighted by atomic mass is 10.0. The van der Waals surface area contributed by atoms with E-state index in [0.717, 1.165) is 5.56 Å². The third-order valence-electron chi connectivity index (χ3n) is 4.52. The number of aryl methyl sites for hydroxylation is 2. The van der Waals surface area contributed by atoms with E-state index in [1.165, 1.54) is 13.0 Å². The smallest absolute Gasteiger partial charge is 0.344 e. The average Bonchev–Trinajstić information content (AvgIpc) is 2.64. The van der Waals surface area contributed by atoms with Gasteiger partial charge in [0.25, 0.3) is 0 Å². The number of aliphatic carboxylic acids is 1. The summed E-state index contributed by atoms with van der Waals surface area (Å²) in [5.41, 5.74) is 1.26. The van der Waals surface area contributed by atoms with Crippen LogP contribution in [0, 0.1) is 6.92 Å². The molecule has 0 amide bonds. The van der Waals surface area contributed by atoms with Crippen LogP contribution in [0.25, 0.3) is 11.0 Å². The fourth-order valence-corrected chi connectivity index (χ4v) is 3.13. The zero-order valence-corrected chi connectivity index (χ0v) is 15.6. The summed E-state index contributed by atoms with van der Waals surface area (Å²) in [7, 11) is 0. The van der Waals surface area contributed by atoms with Crippen LogP contribution in [0.15, 0.2) is 57.7 Å². The zero-order valence-electron chi connectivity index (χ0n) is 15.6. The van der Waals surface area contributed by atoms with Gasteiger partial charge in [-0.1, -0.05) is 30.3 Å². The lowest BCUT2D eigenvalue weighted by Crippen LogP contribution is -2.28. The van der Waals surface area contributed by atoms with Gasteiger partial charge in [0.1, 0.15) is 11.3 Å². The van der Waals surface area contributed by atoms with Gasteiger partial charge in [0.2, 0.25) is 0 Å². The van der Waals surface area contributed by atoms with E-state index in [4.69, 9.17) is 9.15 Å². The third-order valence-corrected chi connectivity index (χ3v) is 4.52. The molecule has 0 bridgehead atoms. The lowest BCUT2D eigenvalue weighted by Gasteiger charge is -2.18. The molecule has 1 unspecified atom stereocenters. The highest BCUT2D eigenvalue weighted by molar-refractivity contribution is 6.07. The Morgan fingerprint density at radius 3 is 2.50 bits per heavy atom. The summed E-state index contributed by atoms with van der Waals surface area (Å²) in [6, 6.07) is 14.0. The maximum absolute atomic E-state index is 12.2. The quantitative estimate of drug-likeness (QED) is 0.495. The van der Waals surface area contributed by atoms with E-state index in [1.54, 1.807) is 19.1 Å². The van der Waals surface area contributed by atoms with Gasteiger partial charge in [-0.25, -0.2) is 9.59 Å². The standard InChI is InChI=1S/C22H20O6/c1-13-12-19(24)28-21-16(13)9-11-17(20(21)14(2)23)27-18(22(25)26)10-8-15-6-4-3-5-7-15/h3-7,9,11-12,18H,8,10H2,1-2H3,(H,25,26). The number of carboxylic acid groups (broad SMARTS) is 1. The van der Waals surface area contributed by atoms with Crippen molar-refractivity contribution in [1.82, 2.24) is 0 Å². The van der Waals surface area contributed by atoms with Crippen molar-refractivity contribution in [3.8, 4) is 5.75 Å². The molecular weight excluding hydrogens is 360 g/mol. The first-order chi connectivity index (χ1) is 13.4. The number of carboxylic acids is 1. The van der Waals surface area contributed by atoms with Gasteiger partial charge in [-0.3, -0.25) is 4.79 Å². The molecule has 0 fully saturated rings. The van der Waals surface area contributed by atoms with E-state index < -0.39 is 17.7 Å². The first-order valence-corrected chi connectivity index (χ1v) is 8.88. The van der Waals surface area contributed by atoms with Crippen molar-refractivity contribution in [1.29, 1.82) is 0 Å². The van der Waals surface area contributed by atoms with Crippen LogP contribution in [-0.2, 0) is 11.2 Å². The first kappa shape index (κ1) is 19.4. The van der Waals surface area contributed by atoms with Crippen molar-refractivity contribution in [3.63, 3.8) is 0 Å². The fourth-order valence-electron chi connectivity index (χ4n) is 3.13. The number of ether oxygens (including phenoxy) is 1. The maximum Gasteiger partial charge on any atom is 0.344 e. The highest BCUT2D eigenvalue weighted by Crippen LogP contribution is 2.30. The minimum absolute atomic E-state index is 0.0734. The summed E-state index contributed by atoms with van der Waals surface area (Å²) in [6.07, 6.45) is -0.408. The van der Waals surface area contributed by atoms with Crippen molar-refractivity contribution >= 4 is 22.7 Å². The van der Waals surface area contributed by atoms with Crippen molar-refractivity contribution in [2.45, 2.75) is 32.8 Å². The molecule has 3 aromatic rings. The highest BCUT2D eigenvalue weighted by atomic mass is 16.5. The molecule has 28 heavy (non-hydrogen) atoms. The van der Waals surface area contributed by atoms with Crippen LogP contribution in [0.3, 0.4) is 0 Å². The van der Waals surface area contributed by atoms with E-state index in [0.29, 0.717) is 17.4 Å². The van der Waals surface area contributed by atoms with Gasteiger partial charge in [-0.05, 0) is 49.9 Å². The van der Waals surface area contributed by atoms with Crippen LogP contribution in [0.2, 0.25) is 0 Å². The second-order valence-corrected chi connectivity index (χ2v) is 6.59. The van der Waals surface area contributed by atoms with Gasteiger partial charge in [-0.15, -0.1) is 0 Å².